The Hall–Kier alpha value is -3.28. The molecule has 0 saturated carbocycles. The monoisotopic (exact) mass is 383 g/mol. The fourth-order valence-electron chi connectivity index (χ4n) is 1.90. The summed E-state index contributed by atoms with van der Waals surface area (Å²) in [5, 5.41) is 3.26. The van der Waals surface area contributed by atoms with Crippen molar-refractivity contribution >= 4 is 23.9 Å². The molecule has 0 spiro atoms. The summed E-state index contributed by atoms with van der Waals surface area (Å²) in [6.45, 7) is 17.6. The van der Waals surface area contributed by atoms with Crippen LogP contribution in [0.3, 0.4) is 0 Å². The first-order valence-electron chi connectivity index (χ1n) is 8.92. The number of hydrogen-bond acceptors (Lipinski definition) is 5. The highest BCUT2D eigenvalue weighted by atomic mass is 19.1. The predicted octanol–water partition coefficient (Wildman–Crippen LogP) is 5.66. The number of aliphatic imine (C=N–C) groups is 1. The summed E-state index contributed by atoms with van der Waals surface area (Å²) in [7, 11) is 1.86. The van der Waals surface area contributed by atoms with Gasteiger partial charge in [0.25, 0.3) is 0 Å². The molecule has 0 radical (unpaired) electrons. The van der Waals surface area contributed by atoms with Gasteiger partial charge in [-0.1, -0.05) is 39.1 Å². The maximum absolute atomic E-state index is 10.5. The number of aromatic nitrogens is 2. The van der Waals surface area contributed by atoms with Crippen molar-refractivity contribution in [2.75, 3.05) is 11.9 Å². The average Bonchev–Trinajstić information content (AvgIpc) is 2.78. The number of nitrogens with one attached hydrogen (secondary N) is 1. The number of halogens is 1. The minimum absolute atomic E-state index is 0.500. The third kappa shape index (κ3) is 8.40. The van der Waals surface area contributed by atoms with Crippen LogP contribution in [0.25, 0.3) is 5.70 Å². The van der Waals surface area contributed by atoms with Crippen LogP contribution >= 0.6 is 0 Å². The molecule has 5 nitrogen and oxygen atoms in total. The molecule has 1 N–H and O–H groups in total. The summed E-state index contributed by atoms with van der Waals surface area (Å²) in [4.78, 5) is 14.3. The molecule has 0 bridgehead atoms. The van der Waals surface area contributed by atoms with Gasteiger partial charge in [-0.05, 0) is 37.5 Å². The summed E-state index contributed by atoms with van der Waals surface area (Å²) in [5.74, 6) is 0.703. The number of anilines is 1. The van der Waals surface area contributed by atoms with E-state index >= 15 is 0 Å². The van der Waals surface area contributed by atoms with Gasteiger partial charge in [0.1, 0.15) is 5.69 Å². The van der Waals surface area contributed by atoms with Crippen LogP contribution in [-0.2, 0) is 6.54 Å². The van der Waals surface area contributed by atoms with Crippen LogP contribution in [0.5, 0.6) is 0 Å². The number of allylic oxidation sites excluding steroid dienone is 1. The first kappa shape index (κ1) is 24.7. The highest BCUT2D eigenvalue weighted by molar-refractivity contribution is 5.72. The number of pyridine rings is 2. The van der Waals surface area contributed by atoms with Crippen LogP contribution in [0.4, 0.5) is 15.9 Å². The van der Waals surface area contributed by atoms with Gasteiger partial charge in [-0.25, -0.2) is 9.37 Å². The molecule has 0 atom stereocenters. The van der Waals surface area contributed by atoms with E-state index in [1.807, 2.05) is 45.3 Å². The molecule has 0 aliphatic carbocycles. The second kappa shape index (κ2) is 14.8. The number of rotatable bonds is 7. The molecule has 0 aliphatic heterocycles. The smallest absolute Gasteiger partial charge is 0.158 e. The molecule has 2 aromatic rings. The molecular formula is C22H30FN5. The Morgan fingerprint density at radius 1 is 1.36 bits per heavy atom. The van der Waals surface area contributed by atoms with E-state index in [0.717, 1.165) is 16.8 Å². The van der Waals surface area contributed by atoms with Gasteiger partial charge >= 0.3 is 0 Å². The second-order valence-electron chi connectivity index (χ2n) is 5.17. The lowest BCUT2D eigenvalue weighted by atomic mass is 10.2. The lowest BCUT2D eigenvalue weighted by molar-refractivity contribution is 0.719. The van der Waals surface area contributed by atoms with Gasteiger partial charge in [-0.15, -0.1) is 0 Å². The Balaban J connectivity index is 0.00000108. The lowest BCUT2D eigenvalue weighted by Gasteiger charge is -2.16. The molecule has 0 saturated heterocycles. The molecular weight excluding hydrogens is 353 g/mol. The highest BCUT2D eigenvalue weighted by Gasteiger charge is 2.09. The molecule has 28 heavy (non-hydrogen) atoms. The van der Waals surface area contributed by atoms with Crippen LogP contribution in [0.15, 0.2) is 73.5 Å². The van der Waals surface area contributed by atoms with Crippen LogP contribution in [0, 0.1) is 0 Å². The standard InChI is InChI=1S/C17H19N5.C3H5F.C2H6/c1-5-22(4)17-16(18-3)9-15(12-21-17)13(2)20-11-14-7-6-8-19-10-14;1-2-3-4;1-2/h5-10,12,20H,1-3,11H2,4H3;2-3H,1H3;1-2H3/b;3-2+;. The minimum atomic E-state index is 0.500. The van der Waals surface area contributed by atoms with E-state index in [9.17, 15) is 4.39 Å². The van der Waals surface area contributed by atoms with Gasteiger partial charge in [0.15, 0.2) is 5.82 Å². The normalized spacial score (nSPS) is 9.32. The van der Waals surface area contributed by atoms with Gasteiger partial charge in [-0.3, -0.25) is 9.98 Å². The third-order valence-corrected chi connectivity index (χ3v) is 3.33. The minimum Gasteiger partial charge on any atom is -0.381 e. The lowest BCUT2D eigenvalue weighted by Crippen LogP contribution is -2.13. The summed E-state index contributed by atoms with van der Waals surface area (Å²) < 4.78 is 10.5. The van der Waals surface area contributed by atoms with E-state index in [1.165, 1.54) is 6.08 Å². The average molecular weight is 384 g/mol. The Kier molecular flexibility index (Phi) is 13.1. The number of nitrogens with zero attached hydrogens (tertiary/aromatic N) is 4. The zero-order chi connectivity index (χ0) is 21.4. The topological polar surface area (TPSA) is 53.4 Å². The molecule has 0 fully saturated rings. The Bertz CT molecular complexity index is 753. The summed E-state index contributed by atoms with van der Waals surface area (Å²) in [6.07, 6.45) is 8.82. The van der Waals surface area contributed by atoms with Crippen molar-refractivity contribution in [1.29, 1.82) is 0 Å². The summed E-state index contributed by atoms with van der Waals surface area (Å²) in [5.41, 5.74) is 3.41. The largest absolute Gasteiger partial charge is 0.381 e. The van der Waals surface area contributed by atoms with E-state index in [4.69, 9.17) is 0 Å². The highest BCUT2D eigenvalue weighted by Crippen LogP contribution is 2.27. The molecule has 0 amide bonds. The third-order valence-electron chi connectivity index (χ3n) is 3.33. The van der Waals surface area contributed by atoms with Crippen molar-refractivity contribution in [1.82, 2.24) is 15.3 Å². The maximum Gasteiger partial charge on any atom is 0.158 e. The second-order valence-corrected chi connectivity index (χ2v) is 5.17. The van der Waals surface area contributed by atoms with Gasteiger partial charge in [0.05, 0.1) is 6.33 Å². The van der Waals surface area contributed by atoms with Crippen molar-refractivity contribution in [2.45, 2.75) is 27.3 Å². The van der Waals surface area contributed by atoms with Crippen molar-refractivity contribution in [3.8, 4) is 0 Å². The van der Waals surface area contributed by atoms with E-state index < -0.39 is 0 Å². The van der Waals surface area contributed by atoms with Crippen LogP contribution in [0.1, 0.15) is 31.9 Å². The molecule has 2 aromatic heterocycles. The predicted molar refractivity (Wildman–Crippen MR) is 119 cm³/mol. The van der Waals surface area contributed by atoms with E-state index in [1.54, 1.807) is 30.4 Å². The van der Waals surface area contributed by atoms with Gasteiger partial charge in [0.2, 0.25) is 0 Å². The van der Waals surface area contributed by atoms with Crippen molar-refractivity contribution < 1.29 is 4.39 Å². The molecule has 0 unspecified atom stereocenters. The van der Waals surface area contributed by atoms with E-state index in [0.29, 0.717) is 24.4 Å². The molecule has 0 aromatic carbocycles. The van der Waals surface area contributed by atoms with E-state index in [-0.39, 0.29) is 0 Å². The Morgan fingerprint density at radius 3 is 2.54 bits per heavy atom. The van der Waals surface area contributed by atoms with Crippen LogP contribution < -0.4 is 10.2 Å². The molecule has 6 heteroatoms. The van der Waals surface area contributed by atoms with Crippen molar-refractivity contribution in [2.24, 2.45) is 4.99 Å². The fraction of sp³-hybridized carbons (Fsp3) is 0.227. The maximum atomic E-state index is 10.5. The van der Waals surface area contributed by atoms with Gasteiger partial charge in [-0.2, -0.15) is 0 Å². The van der Waals surface area contributed by atoms with Crippen LogP contribution in [0.2, 0.25) is 0 Å². The first-order chi connectivity index (χ1) is 13.6. The van der Waals surface area contributed by atoms with Gasteiger partial charge in [0, 0.05) is 43.4 Å². The molecule has 2 rings (SSSR count). The SMILES string of the molecule is C/C=C/F.C=CN(C)c1ncc(C(=C)NCc2cccnc2)cc1N=C.CC. The molecule has 2 heterocycles. The van der Waals surface area contributed by atoms with E-state index in [2.05, 4.69) is 40.2 Å². The van der Waals surface area contributed by atoms with Crippen LogP contribution in [-0.4, -0.2) is 23.7 Å². The van der Waals surface area contributed by atoms with Gasteiger partial charge < -0.3 is 10.2 Å². The Labute approximate surface area is 168 Å². The Morgan fingerprint density at radius 2 is 2.04 bits per heavy atom. The number of hydrogen-bond donors (Lipinski definition) is 1. The summed E-state index contributed by atoms with van der Waals surface area (Å²) >= 11 is 0. The van der Waals surface area contributed by atoms with Crippen molar-refractivity contribution in [3.05, 3.63) is 79.7 Å². The zero-order valence-corrected chi connectivity index (χ0v) is 17.2. The fourth-order valence-corrected chi connectivity index (χ4v) is 1.90. The summed E-state index contributed by atoms with van der Waals surface area (Å²) in [6, 6.07) is 5.80. The molecule has 0 aliphatic rings. The van der Waals surface area contributed by atoms with Crippen molar-refractivity contribution in [3.63, 3.8) is 0 Å². The first-order valence-corrected chi connectivity index (χ1v) is 8.92. The zero-order valence-electron chi connectivity index (χ0n) is 17.2. The molecule has 150 valence electrons. The quantitative estimate of drug-likeness (QED) is 0.626.